The summed E-state index contributed by atoms with van der Waals surface area (Å²) in [6.45, 7) is 2.28. The van der Waals surface area contributed by atoms with Crippen molar-refractivity contribution in [3.05, 3.63) is 21.5 Å². The molecule has 4 heteroatoms. The van der Waals surface area contributed by atoms with Gasteiger partial charge in [0.1, 0.15) is 0 Å². The molecule has 0 bridgehead atoms. The van der Waals surface area contributed by atoms with Crippen LogP contribution in [0.25, 0.3) is 0 Å². The van der Waals surface area contributed by atoms with E-state index in [9.17, 15) is 0 Å². The maximum atomic E-state index is 2.51. The second kappa shape index (κ2) is 3.84. The Kier molecular flexibility index (Phi) is 5.01. The predicted octanol–water partition coefficient (Wildman–Crippen LogP) is 3.95. The van der Waals surface area contributed by atoms with Gasteiger partial charge in [0.15, 0.2) is 0 Å². The van der Waals surface area contributed by atoms with Crippen LogP contribution in [0.15, 0.2) is 21.5 Å². The van der Waals surface area contributed by atoms with Crippen LogP contribution in [-0.4, -0.2) is 6.88 Å². The number of halogens is 2. The Morgan fingerprint density at radius 3 is 1.77 bits per heavy atom. The molecule has 0 aromatic rings. The summed E-state index contributed by atoms with van der Waals surface area (Å²) in [7, 11) is 0. The van der Waals surface area contributed by atoms with Crippen LogP contribution in [-0.2, 0) is 15.9 Å². The number of rotatable bonds is 1. The number of hydrogen-bond donors (Lipinski definition) is 0. The first kappa shape index (κ1) is 17.0. The SMILES string of the molecule is Br.Br.[CH3][Zr]([CH3])([CH3])([CH3])(=[SiH2])[C]1=CC=CC1. The van der Waals surface area contributed by atoms with Gasteiger partial charge in [-0.3, -0.25) is 0 Å². The molecule has 0 aromatic heterocycles. The summed E-state index contributed by atoms with van der Waals surface area (Å²) < 4.78 is 11.8. The van der Waals surface area contributed by atoms with Crippen LogP contribution in [0.5, 0.6) is 0 Å². The van der Waals surface area contributed by atoms with Crippen LogP contribution in [0.3, 0.4) is 0 Å². The first-order chi connectivity index (χ1) is 4.59. The summed E-state index contributed by atoms with van der Waals surface area (Å²) in [5.41, 5.74) is 0. The summed E-state index contributed by atoms with van der Waals surface area (Å²) >= 11 is -2.75. The molecule has 79 valence electrons. The molecule has 1 aliphatic rings. The van der Waals surface area contributed by atoms with E-state index in [2.05, 4.69) is 43.6 Å². The molecule has 13 heavy (non-hydrogen) atoms. The van der Waals surface area contributed by atoms with Crippen LogP contribution in [0, 0.1) is 0 Å². The van der Waals surface area contributed by atoms with Gasteiger partial charge in [0, 0.05) is 0 Å². The first-order valence-corrected chi connectivity index (χ1v) is 21.3. The van der Waals surface area contributed by atoms with E-state index in [1.807, 2.05) is 0 Å². The van der Waals surface area contributed by atoms with Gasteiger partial charge in [0.25, 0.3) is 0 Å². The fourth-order valence-corrected chi connectivity index (χ4v) is 7.69. The molecule has 0 amide bonds. The molecule has 0 fully saturated rings. The minimum atomic E-state index is -2.75. The second-order valence-corrected chi connectivity index (χ2v) is 54.8. The molecule has 0 atom stereocenters. The Morgan fingerprint density at radius 2 is 1.62 bits per heavy atom. The molecule has 0 heterocycles. The minimum absolute atomic E-state index is 0. The maximum absolute atomic E-state index is 2.75. The van der Waals surface area contributed by atoms with Gasteiger partial charge in [0.05, 0.1) is 0 Å². The van der Waals surface area contributed by atoms with E-state index in [1.165, 1.54) is 6.42 Å². The van der Waals surface area contributed by atoms with Crippen molar-refractivity contribution in [1.29, 1.82) is 0 Å². The third kappa shape index (κ3) is 5.25. The van der Waals surface area contributed by atoms with E-state index in [1.54, 1.807) is 3.28 Å². The molecule has 0 aromatic carbocycles. The predicted molar refractivity (Wildman–Crippen MR) is 74.5 cm³/mol. The summed E-state index contributed by atoms with van der Waals surface area (Å²) in [6.07, 6.45) is 8.03. The van der Waals surface area contributed by atoms with Crippen molar-refractivity contribution in [2.75, 3.05) is 0 Å². The zero-order valence-corrected chi connectivity index (χ0v) is 16.3. The van der Waals surface area contributed by atoms with Gasteiger partial charge in [-0.2, -0.15) is 0 Å². The summed E-state index contributed by atoms with van der Waals surface area (Å²) in [5.74, 6) is 0. The van der Waals surface area contributed by atoms with Gasteiger partial charge < -0.3 is 0 Å². The molecule has 0 saturated carbocycles. The van der Waals surface area contributed by atoms with E-state index in [-0.39, 0.29) is 34.0 Å². The Hall–Kier alpha value is 1.54. The van der Waals surface area contributed by atoms with Crippen molar-refractivity contribution in [2.24, 2.45) is 0 Å². The quantitative estimate of drug-likeness (QED) is 0.577. The third-order valence-electron chi connectivity index (χ3n) is 2.28. The van der Waals surface area contributed by atoms with E-state index in [4.69, 9.17) is 0 Å². The summed E-state index contributed by atoms with van der Waals surface area (Å²) in [4.78, 5) is 0. The third-order valence-corrected chi connectivity index (χ3v) is 13.3. The van der Waals surface area contributed by atoms with Gasteiger partial charge >= 0.3 is 69.2 Å². The van der Waals surface area contributed by atoms with Crippen LogP contribution >= 0.6 is 34.0 Å². The topological polar surface area (TPSA) is 0 Å². The van der Waals surface area contributed by atoms with Crippen molar-refractivity contribution in [2.45, 2.75) is 24.9 Å². The molecule has 0 unspecified atom stereocenters. The van der Waals surface area contributed by atoms with E-state index < -0.39 is 15.9 Å². The molecule has 0 spiro atoms. The Labute approximate surface area is 102 Å². The molecule has 0 radical (unpaired) electrons. The summed E-state index contributed by atoms with van der Waals surface area (Å²) in [5, 5.41) is 0. The number of allylic oxidation sites excluding steroid dienone is 4. The number of hydrogen-bond acceptors (Lipinski definition) is 0. The van der Waals surface area contributed by atoms with E-state index >= 15 is 0 Å². The van der Waals surface area contributed by atoms with Crippen LogP contribution in [0.2, 0.25) is 18.5 Å². The molecule has 1 rings (SSSR count). The zero-order valence-electron chi connectivity index (χ0n) is 8.96. The van der Waals surface area contributed by atoms with Gasteiger partial charge in [-0.1, -0.05) is 0 Å². The van der Waals surface area contributed by atoms with Crippen molar-refractivity contribution in [1.82, 2.24) is 0 Å². The average Bonchev–Trinajstić information content (AvgIpc) is 2.01. The van der Waals surface area contributed by atoms with Crippen molar-refractivity contribution in [3.63, 3.8) is 0 Å². The Balaban J connectivity index is 0. The summed E-state index contributed by atoms with van der Waals surface area (Å²) in [6, 6.07) is 0. The molecular formula is C9H21Br2SiZr. The average molecular weight is 408 g/mol. The molecule has 0 nitrogen and oxygen atoms in total. The van der Waals surface area contributed by atoms with Crippen LogP contribution in [0.1, 0.15) is 6.42 Å². The van der Waals surface area contributed by atoms with Crippen LogP contribution < -0.4 is 0 Å². The fourth-order valence-electron chi connectivity index (χ4n) is 1.32. The monoisotopic (exact) mass is 405 g/mol. The Bertz CT molecular complexity index is 317. The van der Waals surface area contributed by atoms with E-state index in [0.717, 1.165) is 0 Å². The van der Waals surface area contributed by atoms with Crippen molar-refractivity contribution in [3.8, 4) is 0 Å². The van der Waals surface area contributed by atoms with Gasteiger partial charge in [-0.05, 0) is 0 Å². The van der Waals surface area contributed by atoms with Gasteiger partial charge in [-0.15, -0.1) is 34.0 Å². The molecule has 1 aliphatic carbocycles. The first-order valence-electron chi connectivity index (χ1n) is 4.32. The van der Waals surface area contributed by atoms with Crippen molar-refractivity contribution >= 4 is 40.8 Å². The Morgan fingerprint density at radius 1 is 1.15 bits per heavy atom. The van der Waals surface area contributed by atoms with Crippen molar-refractivity contribution < 1.29 is 15.9 Å². The molecule has 0 aliphatic heterocycles. The normalized spacial score (nSPS) is 20.5. The second-order valence-electron chi connectivity index (χ2n) is 6.92. The fraction of sp³-hybridized carbons (Fsp3) is 0.556. The van der Waals surface area contributed by atoms with Gasteiger partial charge in [-0.25, -0.2) is 0 Å². The van der Waals surface area contributed by atoms with E-state index in [0.29, 0.717) is 0 Å². The molecule has 0 saturated heterocycles. The standard InChI is InChI=1S/C5H5.4CH3.2BrH.H2Si.Zr/c1-2-4-5-3-1;;;;;;;;/h1-3H,4H2;4*1H3;2*1H;1H2;. The van der Waals surface area contributed by atoms with Crippen LogP contribution in [0.4, 0.5) is 0 Å². The zero-order chi connectivity index (χ0) is 8.81. The molecular weight excluding hydrogens is 387 g/mol. The molecule has 0 N–H and O–H groups in total. The van der Waals surface area contributed by atoms with Gasteiger partial charge in [0.2, 0.25) is 0 Å².